The van der Waals surface area contributed by atoms with Crippen LogP contribution >= 0.6 is 12.2 Å². The van der Waals surface area contributed by atoms with E-state index in [1.807, 2.05) is 0 Å². The molecule has 1 fully saturated rings. The topological polar surface area (TPSA) is 95.9 Å². The normalized spacial score (nSPS) is 16.6. The van der Waals surface area contributed by atoms with E-state index in [0.29, 0.717) is 5.56 Å². The van der Waals surface area contributed by atoms with E-state index in [0.717, 1.165) is 4.90 Å². The summed E-state index contributed by atoms with van der Waals surface area (Å²) in [5, 5.41) is 11.2. The molecule has 9 heteroatoms. The van der Waals surface area contributed by atoms with Crippen molar-refractivity contribution in [3.05, 3.63) is 65.5 Å². The number of amides is 2. The Hall–Kier alpha value is -3.59. The van der Waals surface area contributed by atoms with E-state index in [2.05, 4.69) is 5.32 Å². The second-order valence-electron chi connectivity index (χ2n) is 6.05. The van der Waals surface area contributed by atoms with Gasteiger partial charge in [-0.05, 0) is 43.4 Å². The number of carboxylic acid groups (broad SMARTS) is 1. The lowest BCUT2D eigenvalue weighted by Crippen LogP contribution is -2.54. The molecule has 0 unspecified atom stereocenters. The number of carbonyl (C=O) groups excluding carboxylic acids is 2. The first-order chi connectivity index (χ1) is 13.8. The predicted molar refractivity (Wildman–Crippen MR) is 107 cm³/mol. The maximum atomic E-state index is 14.2. The van der Waals surface area contributed by atoms with Gasteiger partial charge >= 0.3 is 5.97 Å². The van der Waals surface area contributed by atoms with Gasteiger partial charge < -0.3 is 9.84 Å². The van der Waals surface area contributed by atoms with Crippen molar-refractivity contribution in [3.63, 3.8) is 0 Å². The molecule has 29 heavy (non-hydrogen) atoms. The Kier molecular flexibility index (Phi) is 5.69. The number of rotatable bonds is 5. The van der Waals surface area contributed by atoms with E-state index in [1.165, 1.54) is 43.3 Å². The number of halogens is 1. The smallest absolute Gasteiger partial charge is 0.344 e. The molecular weight excluding hydrogens is 399 g/mol. The quantitative estimate of drug-likeness (QED) is 0.443. The number of hydrogen-bond acceptors (Lipinski definition) is 5. The molecule has 1 heterocycles. The third kappa shape index (κ3) is 4.14. The van der Waals surface area contributed by atoms with Crippen molar-refractivity contribution in [3.8, 4) is 5.75 Å². The lowest BCUT2D eigenvalue weighted by molar-refractivity contribution is -0.144. The van der Waals surface area contributed by atoms with Crippen molar-refractivity contribution in [2.45, 2.75) is 13.0 Å². The number of para-hydroxylation sites is 2. The highest BCUT2D eigenvalue weighted by Crippen LogP contribution is 2.27. The van der Waals surface area contributed by atoms with E-state index >= 15 is 0 Å². The average Bonchev–Trinajstić information content (AvgIpc) is 2.67. The maximum absolute atomic E-state index is 14.2. The molecule has 148 valence electrons. The van der Waals surface area contributed by atoms with Gasteiger partial charge in [-0.1, -0.05) is 30.3 Å². The first-order valence-electron chi connectivity index (χ1n) is 8.44. The monoisotopic (exact) mass is 414 g/mol. The molecule has 1 saturated heterocycles. The molecular formula is C20H15FN2O5S. The number of nitrogens with one attached hydrogen (secondary N) is 1. The fourth-order valence-electron chi connectivity index (χ4n) is 2.61. The van der Waals surface area contributed by atoms with E-state index < -0.39 is 29.7 Å². The van der Waals surface area contributed by atoms with Crippen LogP contribution in [0.2, 0.25) is 0 Å². The van der Waals surface area contributed by atoms with Crippen LogP contribution in [-0.2, 0) is 14.4 Å². The molecule has 2 N–H and O–H groups in total. The van der Waals surface area contributed by atoms with Gasteiger partial charge in [-0.2, -0.15) is 0 Å². The minimum Gasteiger partial charge on any atom is -0.479 e. The van der Waals surface area contributed by atoms with Crippen molar-refractivity contribution in [2.75, 3.05) is 4.90 Å². The third-order valence-electron chi connectivity index (χ3n) is 4.07. The number of ether oxygens (including phenoxy) is 1. The van der Waals surface area contributed by atoms with Gasteiger partial charge in [-0.15, -0.1) is 0 Å². The summed E-state index contributed by atoms with van der Waals surface area (Å²) in [6.45, 7) is 1.35. The molecule has 0 radical (unpaired) electrons. The molecule has 3 rings (SSSR count). The second-order valence-corrected chi connectivity index (χ2v) is 6.43. The van der Waals surface area contributed by atoms with Crippen LogP contribution in [0.5, 0.6) is 5.75 Å². The van der Waals surface area contributed by atoms with Gasteiger partial charge in [0.1, 0.15) is 17.1 Å². The van der Waals surface area contributed by atoms with Gasteiger partial charge in [-0.25, -0.2) is 14.1 Å². The van der Waals surface area contributed by atoms with Crippen molar-refractivity contribution >= 4 is 46.9 Å². The van der Waals surface area contributed by atoms with Crippen LogP contribution < -0.4 is 15.0 Å². The number of benzene rings is 2. The second kappa shape index (κ2) is 8.19. The standard InChI is InChI=1S/C20H15FN2O5S/c1-11(19(26)27)28-16-9-5-2-6-12(16)10-13-17(24)22-20(29)23(18(13)25)15-8-4-3-7-14(15)21/h2-11H,1H3,(H,26,27)(H,22,24,29)/b13-10+/t11-/m0/s1. The zero-order valence-corrected chi connectivity index (χ0v) is 15.9. The maximum Gasteiger partial charge on any atom is 0.344 e. The van der Waals surface area contributed by atoms with E-state index in [4.69, 9.17) is 22.1 Å². The van der Waals surface area contributed by atoms with Gasteiger partial charge in [0, 0.05) is 5.56 Å². The van der Waals surface area contributed by atoms with E-state index in [-0.39, 0.29) is 22.1 Å². The predicted octanol–water partition coefficient (Wildman–Crippen LogP) is 2.51. The van der Waals surface area contributed by atoms with Crippen LogP contribution in [0.3, 0.4) is 0 Å². The van der Waals surface area contributed by atoms with Gasteiger partial charge in [0.25, 0.3) is 11.8 Å². The summed E-state index contributed by atoms with van der Waals surface area (Å²) < 4.78 is 19.6. The number of aliphatic carboxylic acids is 1. The highest BCUT2D eigenvalue weighted by molar-refractivity contribution is 7.80. The van der Waals surface area contributed by atoms with Crippen LogP contribution in [0.1, 0.15) is 12.5 Å². The van der Waals surface area contributed by atoms with Crippen molar-refractivity contribution in [2.24, 2.45) is 0 Å². The highest BCUT2D eigenvalue weighted by Gasteiger charge is 2.35. The van der Waals surface area contributed by atoms with Gasteiger partial charge in [0.05, 0.1) is 5.69 Å². The summed E-state index contributed by atoms with van der Waals surface area (Å²) in [7, 11) is 0. The summed E-state index contributed by atoms with van der Waals surface area (Å²) in [5.74, 6) is -3.26. The lowest BCUT2D eigenvalue weighted by atomic mass is 10.1. The lowest BCUT2D eigenvalue weighted by Gasteiger charge is -2.29. The molecule has 2 aromatic carbocycles. The van der Waals surface area contributed by atoms with E-state index in [9.17, 15) is 18.8 Å². The van der Waals surface area contributed by atoms with Crippen molar-refractivity contribution < 1.29 is 28.6 Å². The summed E-state index contributed by atoms with van der Waals surface area (Å²) in [5.41, 5.74) is -0.0984. The molecule has 1 atom stereocenters. The van der Waals surface area contributed by atoms with Gasteiger partial charge in [0.2, 0.25) is 0 Å². The number of anilines is 1. The molecule has 0 bridgehead atoms. The third-order valence-corrected chi connectivity index (χ3v) is 4.35. The zero-order chi connectivity index (χ0) is 21.1. The first-order valence-corrected chi connectivity index (χ1v) is 8.85. The molecule has 0 spiro atoms. The van der Waals surface area contributed by atoms with Gasteiger partial charge in [-0.3, -0.25) is 14.9 Å². The Labute approximate surface area is 170 Å². The molecule has 1 aliphatic heterocycles. The first kappa shape index (κ1) is 20.2. The summed E-state index contributed by atoms with van der Waals surface area (Å²) in [6.07, 6.45) is 0.102. The fraction of sp³-hybridized carbons (Fsp3) is 0.100. The molecule has 2 amide bonds. The molecule has 0 aliphatic carbocycles. The number of hydrogen-bond donors (Lipinski definition) is 2. The summed E-state index contributed by atoms with van der Waals surface area (Å²) >= 11 is 5.04. The number of nitrogens with zero attached hydrogens (tertiary/aromatic N) is 1. The fourth-order valence-corrected chi connectivity index (χ4v) is 2.89. The Morgan fingerprint density at radius 2 is 1.86 bits per heavy atom. The Morgan fingerprint density at radius 1 is 1.21 bits per heavy atom. The Morgan fingerprint density at radius 3 is 2.55 bits per heavy atom. The molecule has 2 aromatic rings. The minimum absolute atomic E-state index is 0.0996. The van der Waals surface area contributed by atoms with Gasteiger partial charge in [0.15, 0.2) is 11.2 Å². The largest absolute Gasteiger partial charge is 0.479 e. The van der Waals surface area contributed by atoms with Crippen LogP contribution in [0.4, 0.5) is 10.1 Å². The summed E-state index contributed by atoms with van der Waals surface area (Å²) in [4.78, 5) is 37.3. The zero-order valence-electron chi connectivity index (χ0n) is 15.1. The molecule has 1 aliphatic rings. The van der Waals surface area contributed by atoms with Crippen LogP contribution in [0, 0.1) is 5.82 Å². The van der Waals surface area contributed by atoms with Crippen LogP contribution in [0.25, 0.3) is 6.08 Å². The molecule has 7 nitrogen and oxygen atoms in total. The van der Waals surface area contributed by atoms with Crippen molar-refractivity contribution in [1.29, 1.82) is 0 Å². The SMILES string of the molecule is C[C@H](Oc1ccccc1/C=C1\C(=O)NC(=S)N(c2ccccc2F)C1=O)C(=O)O. The molecule has 0 saturated carbocycles. The number of carboxylic acids is 1. The Bertz CT molecular complexity index is 1050. The summed E-state index contributed by atoms with van der Waals surface area (Å²) in [6, 6.07) is 11.8. The average molecular weight is 414 g/mol. The van der Waals surface area contributed by atoms with Crippen molar-refractivity contribution in [1.82, 2.24) is 5.32 Å². The van der Waals surface area contributed by atoms with Crippen LogP contribution in [-0.4, -0.2) is 34.1 Å². The Balaban J connectivity index is 2.02. The molecule has 0 aromatic heterocycles. The number of thiocarbonyl (C=S) groups is 1. The minimum atomic E-state index is -1.17. The van der Waals surface area contributed by atoms with Crippen LogP contribution in [0.15, 0.2) is 54.1 Å². The highest BCUT2D eigenvalue weighted by atomic mass is 32.1. The number of carbonyl (C=O) groups is 3. The van der Waals surface area contributed by atoms with E-state index in [1.54, 1.807) is 18.2 Å².